The van der Waals surface area contributed by atoms with Crippen LogP contribution in [0.4, 0.5) is 0 Å². The van der Waals surface area contributed by atoms with Gasteiger partial charge in [-0.15, -0.1) is 0 Å². The molecule has 0 aromatic carbocycles. The molecule has 8 atom stereocenters. The van der Waals surface area contributed by atoms with E-state index in [1.54, 1.807) is 0 Å². The van der Waals surface area contributed by atoms with Gasteiger partial charge in [-0.05, 0) is 0 Å². The first-order chi connectivity index (χ1) is 8.83. The van der Waals surface area contributed by atoms with Gasteiger partial charge >= 0.3 is 59.1 Å². The molecule has 1 rings (SSSR count). The molecule has 1 fully saturated rings. The van der Waals surface area contributed by atoms with Crippen LogP contribution < -0.4 is 68.9 Å². The van der Waals surface area contributed by atoms with Gasteiger partial charge < -0.3 is 49.0 Å². The van der Waals surface area contributed by atoms with E-state index < -0.39 is 52.3 Å². The van der Waals surface area contributed by atoms with E-state index in [-0.39, 0.29) is 59.1 Å². The van der Waals surface area contributed by atoms with E-state index in [1.807, 2.05) is 0 Å². The van der Waals surface area contributed by atoms with E-state index in [0.29, 0.717) is 0 Å². The Bertz CT molecular complexity index is 399. The van der Waals surface area contributed by atoms with Crippen molar-refractivity contribution in [2.75, 3.05) is 0 Å². The van der Waals surface area contributed by atoms with E-state index in [9.17, 15) is 39.3 Å². The number of aliphatic hydroxyl groups is 4. The summed E-state index contributed by atoms with van der Waals surface area (Å²) in [4.78, 5) is 38.1. The minimum absolute atomic E-state index is 0. The molecular formula is C6H12Na2O12P2. The van der Waals surface area contributed by atoms with Gasteiger partial charge in [0, 0.05) is 0 Å². The Morgan fingerprint density at radius 2 is 0.955 bits per heavy atom. The normalized spacial score (nSPS) is 40.5. The van der Waals surface area contributed by atoms with Crippen molar-refractivity contribution in [1.29, 1.82) is 0 Å². The Balaban J connectivity index is 0. The maximum atomic E-state index is 10.6. The fourth-order valence-corrected chi connectivity index (χ4v) is 2.85. The van der Waals surface area contributed by atoms with E-state index in [1.165, 1.54) is 0 Å². The third kappa shape index (κ3) is 7.52. The van der Waals surface area contributed by atoms with E-state index in [2.05, 4.69) is 9.05 Å². The summed E-state index contributed by atoms with van der Waals surface area (Å²) in [6.07, 6.45) is -13.3. The molecular weight excluding hydrogens is 372 g/mol. The Morgan fingerprint density at radius 3 is 1.18 bits per heavy atom. The average molecular weight is 384 g/mol. The predicted molar refractivity (Wildman–Crippen MR) is 53.4 cm³/mol. The summed E-state index contributed by atoms with van der Waals surface area (Å²) in [7, 11) is -10.9. The van der Waals surface area contributed by atoms with Crippen LogP contribution in [0.3, 0.4) is 0 Å². The van der Waals surface area contributed by atoms with E-state index in [0.717, 1.165) is 0 Å². The van der Waals surface area contributed by atoms with Gasteiger partial charge in [0.15, 0.2) is 0 Å². The number of hydrogen-bond acceptors (Lipinski definition) is 10. The molecule has 0 bridgehead atoms. The molecule has 4 unspecified atom stereocenters. The molecule has 1 aliphatic rings. The molecule has 0 spiro atoms. The summed E-state index contributed by atoms with van der Waals surface area (Å²) in [5, 5.41) is 37.8. The summed E-state index contributed by atoms with van der Waals surface area (Å²) in [5.41, 5.74) is 0. The number of hydrogen-bond donors (Lipinski definition) is 6. The summed E-state index contributed by atoms with van der Waals surface area (Å²) in [5.74, 6) is 0. The first-order valence-corrected chi connectivity index (χ1v) is 7.99. The molecule has 0 aromatic rings. The molecule has 16 heteroatoms. The van der Waals surface area contributed by atoms with Crippen LogP contribution in [-0.4, -0.2) is 66.8 Å². The SMILES string of the molecule is O=P([O-])(O)O[C@@H]1C(O)[C@H](OP(=O)([O-])O)[C@H](O)C(O)[C@H]1O.[Na+].[Na+]. The van der Waals surface area contributed by atoms with Crippen LogP contribution in [0, 0.1) is 0 Å². The quantitative estimate of drug-likeness (QED) is 0.196. The maximum Gasteiger partial charge on any atom is 1.00 e. The molecule has 22 heavy (non-hydrogen) atoms. The summed E-state index contributed by atoms with van der Waals surface area (Å²) in [6, 6.07) is 0. The molecule has 1 saturated carbocycles. The second-order valence-electron chi connectivity index (χ2n) is 4.04. The maximum absolute atomic E-state index is 10.6. The third-order valence-corrected chi connectivity index (χ3v) is 3.58. The Morgan fingerprint density at radius 1 is 0.682 bits per heavy atom. The van der Waals surface area contributed by atoms with Crippen molar-refractivity contribution in [3.63, 3.8) is 0 Å². The van der Waals surface area contributed by atoms with Crippen molar-refractivity contribution < 1.29 is 117 Å². The molecule has 0 amide bonds. The molecule has 0 saturated heterocycles. The number of phosphoric ester groups is 2. The zero-order valence-corrected chi connectivity index (χ0v) is 17.3. The van der Waals surface area contributed by atoms with Crippen LogP contribution in [-0.2, 0) is 18.2 Å². The molecule has 120 valence electrons. The van der Waals surface area contributed by atoms with E-state index >= 15 is 0 Å². The zero-order chi connectivity index (χ0) is 15.9. The number of aliphatic hydroxyl groups excluding tert-OH is 4. The van der Waals surface area contributed by atoms with Crippen molar-refractivity contribution in [1.82, 2.24) is 0 Å². The minimum atomic E-state index is -5.46. The van der Waals surface area contributed by atoms with Gasteiger partial charge in [-0.1, -0.05) is 0 Å². The first kappa shape index (κ1) is 26.3. The van der Waals surface area contributed by atoms with Crippen molar-refractivity contribution in [2.24, 2.45) is 0 Å². The third-order valence-electron chi connectivity index (χ3n) is 2.56. The number of rotatable bonds is 4. The standard InChI is InChI=1S/C6H14O12P2.2Na/c7-1-2(8)5(17-19(11,12)13)4(10)6(3(1)9)18-20(14,15)16;;/h1-10H,(H2,11,12,13)(H2,14,15,16);;/q;2*+1/p-2/t1?,2-,3-,4?,5-,6+;;/m1../s1. The fourth-order valence-electron chi connectivity index (χ4n) is 1.74. The van der Waals surface area contributed by atoms with Crippen LogP contribution in [0.25, 0.3) is 0 Å². The van der Waals surface area contributed by atoms with Gasteiger partial charge in [0.25, 0.3) is 15.6 Å². The van der Waals surface area contributed by atoms with E-state index in [4.69, 9.17) is 9.79 Å². The van der Waals surface area contributed by atoms with Crippen LogP contribution in [0.1, 0.15) is 0 Å². The summed E-state index contributed by atoms with van der Waals surface area (Å²) >= 11 is 0. The molecule has 6 N–H and O–H groups in total. The largest absolute Gasteiger partial charge is 1.00 e. The molecule has 0 heterocycles. The van der Waals surface area contributed by atoms with Gasteiger partial charge in [0.1, 0.15) is 36.6 Å². The minimum Gasteiger partial charge on any atom is -0.756 e. The Kier molecular flexibility index (Phi) is 11.6. The fraction of sp³-hybridized carbons (Fsp3) is 1.00. The predicted octanol–water partition coefficient (Wildman–Crippen LogP) is -10.9. The summed E-state index contributed by atoms with van der Waals surface area (Å²) in [6.45, 7) is 0. The topological polar surface area (TPSA) is 220 Å². The van der Waals surface area contributed by atoms with Gasteiger partial charge in [0.2, 0.25) is 0 Å². The smallest absolute Gasteiger partial charge is 0.756 e. The Hall–Kier alpha value is 2.06. The van der Waals surface area contributed by atoms with Gasteiger partial charge in [0.05, 0.1) is 0 Å². The van der Waals surface area contributed by atoms with Crippen LogP contribution >= 0.6 is 15.6 Å². The van der Waals surface area contributed by atoms with Crippen molar-refractivity contribution in [3.05, 3.63) is 0 Å². The van der Waals surface area contributed by atoms with Gasteiger partial charge in [-0.2, -0.15) is 0 Å². The monoisotopic (exact) mass is 384 g/mol. The van der Waals surface area contributed by atoms with Crippen LogP contribution in [0.15, 0.2) is 0 Å². The van der Waals surface area contributed by atoms with Crippen molar-refractivity contribution >= 4 is 15.6 Å². The van der Waals surface area contributed by atoms with Crippen molar-refractivity contribution in [2.45, 2.75) is 36.6 Å². The molecule has 0 radical (unpaired) electrons. The molecule has 0 aromatic heterocycles. The number of phosphoric acid groups is 2. The van der Waals surface area contributed by atoms with Crippen LogP contribution in [0.2, 0.25) is 0 Å². The molecule has 1 aliphatic carbocycles. The zero-order valence-electron chi connectivity index (χ0n) is 11.5. The second kappa shape index (κ2) is 9.67. The average Bonchev–Trinajstić information content (AvgIpc) is 2.25. The Labute approximate surface area is 168 Å². The van der Waals surface area contributed by atoms with Gasteiger partial charge in [-0.3, -0.25) is 9.13 Å². The van der Waals surface area contributed by atoms with Crippen LogP contribution in [0.5, 0.6) is 0 Å². The first-order valence-electron chi connectivity index (χ1n) is 5.00. The second-order valence-corrected chi connectivity index (χ2v) is 6.34. The summed E-state index contributed by atoms with van der Waals surface area (Å²) < 4.78 is 28.9. The van der Waals surface area contributed by atoms with Gasteiger partial charge in [-0.25, -0.2) is 0 Å². The molecule has 12 nitrogen and oxygen atoms in total. The van der Waals surface area contributed by atoms with Crippen molar-refractivity contribution in [3.8, 4) is 0 Å². The molecule has 0 aliphatic heterocycles.